The van der Waals surface area contributed by atoms with E-state index in [4.69, 9.17) is 47.0 Å². The number of rotatable bonds is 4. The Morgan fingerprint density at radius 1 is 1.28 bits per heavy atom. The number of alkyl carbamates (subject to hydrolysis) is 1. The van der Waals surface area contributed by atoms with E-state index in [1.54, 1.807) is 6.92 Å². The number of thiocarbonyl (C=S) groups is 1. The maximum absolute atomic E-state index is 12.7. The predicted molar refractivity (Wildman–Crippen MR) is 95.0 cm³/mol. The van der Waals surface area contributed by atoms with Crippen molar-refractivity contribution < 1.29 is 22.7 Å². The molecule has 1 aromatic rings. The van der Waals surface area contributed by atoms with Crippen molar-refractivity contribution in [2.24, 2.45) is 0 Å². The second kappa shape index (κ2) is 8.98. The molecule has 0 saturated carbocycles. The van der Waals surface area contributed by atoms with Crippen LogP contribution in [-0.2, 0) is 10.9 Å². The van der Waals surface area contributed by atoms with Gasteiger partial charge in [0.15, 0.2) is 11.3 Å². The molecule has 1 aromatic carbocycles. The minimum absolute atomic E-state index is 0.0616. The number of nitrogens with one attached hydrogen (secondary N) is 3. The molecule has 25 heavy (non-hydrogen) atoms. The van der Waals surface area contributed by atoms with Gasteiger partial charge in [0.25, 0.3) is 0 Å². The van der Waals surface area contributed by atoms with Gasteiger partial charge in [0.1, 0.15) is 0 Å². The monoisotopic (exact) mass is 437 g/mol. The van der Waals surface area contributed by atoms with Gasteiger partial charge in [-0.1, -0.05) is 40.9 Å². The van der Waals surface area contributed by atoms with Gasteiger partial charge >= 0.3 is 12.3 Å². The molecule has 0 aliphatic rings. The van der Waals surface area contributed by atoms with Crippen LogP contribution in [0.1, 0.15) is 12.5 Å². The van der Waals surface area contributed by atoms with Crippen LogP contribution >= 0.6 is 47.0 Å². The van der Waals surface area contributed by atoms with Crippen molar-refractivity contribution >= 4 is 63.9 Å². The van der Waals surface area contributed by atoms with Gasteiger partial charge in [-0.2, -0.15) is 13.2 Å². The van der Waals surface area contributed by atoms with E-state index in [0.717, 1.165) is 12.1 Å². The quantitative estimate of drug-likeness (QED) is 0.369. The van der Waals surface area contributed by atoms with Gasteiger partial charge in [-0.05, 0) is 37.3 Å². The normalized spacial score (nSPS) is 12.9. The lowest BCUT2D eigenvalue weighted by Crippen LogP contribution is -2.56. The molecule has 1 amide bonds. The van der Waals surface area contributed by atoms with Gasteiger partial charge in [-0.15, -0.1) is 0 Å². The molecule has 1 atom stereocenters. The second-order valence-corrected chi connectivity index (χ2v) is 7.29. The Morgan fingerprint density at radius 3 is 2.44 bits per heavy atom. The zero-order valence-corrected chi connectivity index (χ0v) is 15.7. The Kier molecular flexibility index (Phi) is 7.86. The van der Waals surface area contributed by atoms with Crippen molar-refractivity contribution in [1.29, 1.82) is 0 Å². The highest BCUT2D eigenvalue weighted by atomic mass is 35.6. The van der Waals surface area contributed by atoms with Gasteiger partial charge in [0.2, 0.25) is 3.79 Å². The molecule has 1 rings (SSSR count). The SMILES string of the molecule is CCOC(=O)NC(NC(=S)Nc1cccc(C(F)(F)F)c1)C(Cl)(Cl)Cl. The molecule has 0 spiro atoms. The van der Waals surface area contributed by atoms with Crippen molar-refractivity contribution in [2.45, 2.75) is 23.1 Å². The van der Waals surface area contributed by atoms with Crippen LogP contribution in [0, 0.1) is 0 Å². The number of halogens is 6. The molecule has 0 aromatic heterocycles. The lowest BCUT2D eigenvalue weighted by atomic mass is 10.2. The first-order chi connectivity index (χ1) is 11.4. The fourth-order valence-electron chi connectivity index (χ4n) is 1.56. The van der Waals surface area contributed by atoms with E-state index in [2.05, 4.69) is 20.7 Å². The molecule has 0 aliphatic carbocycles. The Bertz CT molecular complexity index is 627. The largest absolute Gasteiger partial charge is 0.450 e. The number of alkyl halides is 6. The average Bonchev–Trinajstić information content (AvgIpc) is 2.45. The molecule has 5 nitrogen and oxygen atoms in total. The number of amides is 1. The lowest BCUT2D eigenvalue weighted by Gasteiger charge is -2.27. The van der Waals surface area contributed by atoms with Gasteiger partial charge in [-0.25, -0.2) is 4.79 Å². The van der Waals surface area contributed by atoms with Gasteiger partial charge in [-0.3, -0.25) is 5.32 Å². The summed E-state index contributed by atoms with van der Waals surface area (Å²) in [6, 6.07) is 4.34. The Hall–Kier alpha value is -1.16. The summed E-state index contributed by atoms with van der Waals surface area (Å²) in [5, 5.41) is 7.06. The average molecular weight is 439 g/mol. The topological polar surface area (TPSA) is 62.4 Å². The van der Waals surface area contributed by atoms with Crippen LogP contribution in [0.4, 0.5) is 23.7 Å². The first-order valence-corrected chi connectivity index (χ1v) is 8.22. The summed E-state index contributed by atoms with van der Waals surface area (Å²) in [6.07, 6.45) is -6.66. The van der Waals surface area contributed by atoms with Gasteiger partial charge in [0.05, 0.1) is 12.2 Å². The van der Waals surface area contributed by atoms with Crippen LogP contribution in [0.2, 0.25) is 0 Å². The van der Waals surface area contributed by atoms with E-state index in [1.165, 1.54) is 12.1 Å². The molecule has 3 N–H and O–H groups in total. The highest BCUT2D eigenvalue weighted by molar-refractivity contribution is 7.80. The summed E-state index contributed by atoms with van der Waals surface area (Å²) in [4.78, 5) is 11.5. The summed E-state index contributed by atoms with van der Waals surface area (Å²) in [5.74, 6) is 0. The van der Waals surface area contributed by atoms with Crippen molar-refractivity contribution in [3.8, 4) is 0 Å². The number of hydrogen-bond acceptors (Lipinski definition) is 3. The van der Waals surface area contributed by atoms with E-state index in [1.807, 2.05) is 0 Å². The molecule has 0 fully saturated rings. The molecule has 0 bridgehead atoms. The van der Waals surface area contributed by atoms with E-state index in [-0.39, 0.29) is 17.4 Å². The Morgan fingerprint density at radius 2 is 1.92 bits per heavy atom. The first kappa shape index (κ1) is 21.9. The van der Waals surface area contributed by atoms with Crippen LogP contribution in [0.3, 0.4) is 0 Å². The predicted octanol–water partition coefficient (Wildman–Crippen LogP) is 4.43. The molecule has 12 heteroatoms. The summed E-state index contributed by atoms with van der Waals surface area (Å²) < 4.78 is 40.8. The Labute approximate surface area is 162 Å². The zero-order valence-electron chi connectivity index (χ0n) is 12.6. The summed E-state index contributed by atoms with van der Waals surface area (Å²) in [6.45, 7) is 1.67. The number of benzene rings is 1. The van der Waals surface area contributed by atoms with E-state index < -0.39 is 27.8 Å². The maximum Gasteiger partial charge on any atom is 0.416 e. The summed E-state index contributed by atoms with van der Waals surface area (Å²) >= 11 is 22.2. The van der Waals surface area contributed by atoms with Crippen LogP contribution in [-0.4, -0.2) is 27.8 Å². The smallest absolute Gasteiger partial charge is 0.416 e. The zero-order chi connectivity index (χ0) is 19.3. The third kappa shape index (κ3) is 7.72. The second-order valence-electron chi connectivity index (χ2n) is 4.52. The number of ether oxygens (including phenoxy) is 1. The molecule has 140 valence electrons. The van der Waals surface area contributed by atoms with Crippen LogP contribution in [0.5, 0.6) is 0 Å². The van der Waals surface area contributed by atoms with Crippen LogP contribution < -0.4 is 16.0 Å². The minimum atomic E-state index is -4.50. The third-order valence-electron chi connectivity index (χ3n) is 2.59. The minimum Gasteiger partial charge on any atom is -0.450 e. The van der Waals surface area contributed by atoms with Crippen molar-refractivity contribution in [3.63, 3.8) is 0 Å². The number of carbonyl (C=O) groups excluding carboxylic acids is 1. The molecular formula is C13H13Cl3F3N3O2S. The molecule has 0 radical (unpaired) electrons. The van der Waals surface area contributed by atoms with Crippen molar-refractivity contribution in [1.82, 2.24) is 10.6 Å². The standard InChI is InChI=1S/C13H13Cl3F3N3O2S/c1-2-24-11(23)22-9(12(14,15)16)21-10(25)20-8-5-3-4-7(6-8)13(17,18)19/h3-6,9H,2H2,1H3,(H,22,23)(H2,20,21,25). The van der Waals surface area contributed by atoms with E-state index in [9.17, 15) is 18.0 Å². The van der Waals surface area contributed by atoms with E-state index in [0.29, 0.717) is 0 Å². The highest BCUT2D eigenvalue weighted by Crippen LogP contribution is 2.31. The summed E-state index contributed by atoms with van der Waals surface area (Å²) in [7, 11) is 0. The van der Waals surface area contributed by atoms with Gasteiger partial charge in [0, 0.05) is 5.69 Å². The molecule has 0 aliphatic heterocycles. The molecule has 0 heterocycles. The van der Waals surface area contributed by atoms with Crippen LogP contribution in [0.25, 0.3) is 0 Å². The maximum atomic E-state index is 12.7. The lowest BCUT2D eigenvalue weighted by molar-refractivity contribution is -0.137. The first-order valence-electron chi connectivity index (χ1n) is 6.68. The number of carbonyl (C=O) groups is 1. The van der Waals surface area contributed by atoms with Gasteiger partial charge < -0.3 is 15.4 Å². The summed E-state index contributed by atoms with van der Waals surface area (Å²) in [5.41, 5.74) is -0.797. The number of anilines is 1. The highest BCUT2D eigenvalue weighted by Gasteiger charge is 2.35. The van der Waals surface area contributed by atoms with Crippen LogP contribution in [0.15, 0.2) is 24.3 Å². The fraction of sp³-hybridized carbons (Fsp3) is 0.385. The fourth-order valence-corrected chi connectivity index (χ4v) is 2.12. The number of hydrogen-bond donors (Lipinski definition) is 3. The van der Waals surface area contributed by atoms with Crippen molar-refractivity contribution in [3.05, 3.63) is 29.8 Å². The van der Waals surface area contributed by atoms with E-state index >= 15 is 0 Å². The molecule has 1 unspecified atom stereocenters. The van der Waals surface area contributed by atoms with Crippen molar-refractivity contribution in [2.75, 3.05) is 11.9 Å². The third-order valence-corrected chi connectivity index (χ3v) is 3.46. The molecule has 0 saturated heterocycles. The Balaban J connectivity index is 2.80. The molecular weight excluding hydrogens is 426 g/mol.